The highest BCUT2D eigenvalue weighted by Crippen LogP contribution is 2.31. The number of piperidine rings is 1. The van der Waals surface area contributed by atoms with E-state index >= 15 is 0 Å². The van der Waals surface area contributed by atoms with E-state index in [4.69, 9.17) is 10.1 Å². The summed E-state index contributed by atoms with van der Waals surface area (Å²) in [6.07, 6.45) is 9.91. The van der Waals surface area contributed by atoms with E-state index in [0.717, 1.165) is 80.9 Å². The Morgan fingerprint density at radius 1 is 0.892 bits per heavy atom. The van der Waals surface area contributed by atoms with E-state index in [0.29, 0.717) is 11.3 Å². The van der Waals surface area contributed by atoms with Crippen molar-refractivity contribution in [2.45, 2.75) is 70.8 Å². The molecule has 2 amide bonds. The fourth-order valence-electron chi connectivity index (χ4n) is 5.60. The number of fused-ring (bicyclic) bond motifs is 1. The Kier molecular flexibility index (Phi) is 6.57. The van der Waals surface area contributed by atoms with Gasteiger partial charge in [0.05, 0.1) is 5.69 Å². The molecule has 4 heterocycles. The van der Waals surface area contributed by atoms with Crippen molar-refractivity contribution in [3.8, 4) is 11.3 Å². The Bertz CT molecular complexity index is 1290. The van der Waals surface area contributed by atoms with Crippen LogP contribution in [-0.2, 0) is 4.79 Å². The number of carbonyl (C=O) groups is 2. The van der Waals surface area contributed by atoms with Crippen LogP contribution in [0.5, 0.6) is 0 Å². The van der Waals surface area contributed by atoms with Crippen LogP contribution < -0.4 is 10.2 Å². The number of nitrogens with one attached hydrogen (secondary N) is 1. The molecule has 1 atom stereocenters. The van der Waals surface area contributed by atoms with Crippen LogP contribution in [0.2, 0.25) is 0 Å². The highest BCUT2D eigenvalue weighted by atomic mass is 16.2. The maximum absolute atomic E-state index is 13.7. The van der Waals surface area contributed by atoms with Gasteiger partial charge in [-0.1, -0.05) is 25.0 Å². The molecule has 0 spiro atoms. The predicted molar refractivity (Wildman–Crippen MR) is 145 cm³/mol. The van der Waals surface area contributed by atoms with E-state index in [1.165, 1.54) is 19.3 Å². The molecule has 37 heavy (non-hydrogen) atoms. The Morgan fingerprint density at radius 2 is 1.62 bits per heavy atom. The van der Waals surface area contributed by atoms with Crippen LogP contribution in [0.15, 0.2) is 36.4 Å². The molecule has 8 nitrogen and oxygen atoms in total. The average Bonchev–Trinajstić information content (AvgIpc) is 3.72. The number of rotatable bonds is 5. The van der Waals surface area contributed by atoms with Gasteiger partial charge in [-0.2, -0.15) is 9.61 Å². The monoisotopic (exact) mass is 500 g/mol. The molecule has 0 radical (unpaired) electrons. The van der Waals surface area contributed by atoms with Crippen LogP contribution in [0, 0.1) is 5.92 Å². The second kappa shape index (κ2) is 10.1. The summed E-state index contributed by atoms with van der Waals surface area (Å²) in [4.78, 5) is 35.0. The lowest BCUT2D eigenvalue weighted by Gasteiger charge is -2.30. The molecular formula is C29H36N6O2. The number of hydrogen-bond donors (Lipinski definition) is 1. The van der Waals surface area contributed by atoms with Gasteiger partial charge in [-0.25, -0.2) is 4.98 Å². The van der Waals surface area contributed by atoms with E-state index in [2.05, 4.69) is 17.1 Å². The molecule has 2 saturated heterocycles. The average molecular weight is 501 g/mol. The number of carbonyl (C=O) groups excluding carboxylic acids is 2. The molecule has 1 N–H and O–H groups in total. The first-order chi connectivity index (χ1) is 18.1. The van der Waals surface area contributed by atoms with Crippen molar-refractivity contribution in [2.75, 3.05) is 29.9 Å². The van der Waals surface area contributed by atoms with Crippen molar-refractivity contribution in [3.05, 3.63) is 42.1 Å². The largest absolute Gasteiger partial charge is 0.356 e. The second-order valence-corrected chi connectivity index (χ2v) is 10.9. The van der Waals surface area contributed by atoms with Gasteiger partial charge in [0.15, 0.2) is 5.65 Å². The number of anilines is 2. The third-order valence-electron chi connectivity index (χ3n) is 8.02. The zero-order chi connectivity index (χ0) is 25.4. The molecule has 1 unspecified atom stereocenters. The van der Waals surface area contributed by atoms with Crippen molar-refractivity contribution < 1.29 is 9.59 Å². The minimum absolute atomic E-state index is 0.0219. The van der Waals surface area contributed by atoms with Crippen LogP contribution in [0.4, 0.5) is 11.5 Å². The molecule has 3 aliphatic rings. The molecule has 1 saturated carbocycles. The lowest BCUT2D eigenvalue weighted by molar-refractivity contribution is -0.117. The molecule has 8 heteroatoms. The van der Waals surface area contributed by atoms with Gasteiger partial charge in [0.2, 0.25) is 5.91 Å². The van der Waals surface area contributed by atoms with Crippen LogP contribution >= 0.6 is 0 Å². The van der Waals surface area contributed by atoms with Gasteiger partial charge in [0, 0.05) is 55.0 Å². The Morgan fingerprint density at radius 3 is 2.38 bits per heavy atom. The van der Waals surface area contributed by atoms with Gasteiger partial charge < -0.3 is 15.1 Å². The molecule has 3 aromatic rings. The number of hydrogen-bond acceptors (Lipinski definition) is 5. The Balaban J connectivity index is 1.34. The van der Waals surface area contributed by atoms with Crippen LogP contribution in [-0.4, -0.2) is 57.0 Å². The quantitative estimate of drug-likeness (QED) is 0.525. The summed E-state index contributed by atoms with van der Waals surface area (Å²) in [5, 5.41) is 7.92. The first kappa shape index (κ1) is 23.9. The van der Waals surface area contributed by atoms with Gasteiger partial charge in [-0.3, -0.25) is 9.59 Å². The number of amides is 2. The van der Waals surface area contributed by atoms with Gasteiger partial charge in [-0.05, 0) is 64.0 Å². The summed E-state index contributed by atoms with van der Waals surface area (Å²) in [5.41, 5.74) is 3.75. The van der Waals surface area contributed by atoms with E-state index in [9.17, 15) is 9.59 Å². The highest BCUT2D eigenvalue weighted by Gasteiger charge is 2.30. The van der Waals surface area contributed by atoms with E-state index < -0.39 is 0 Å². The number of benzene rings is 1. The van der Waals surface area contributed by atoms with Crippen molar-refractivity contribution in [1.82, 2.24) is 19.5 Å². The van der Waals surface area contributed by atoms with Gasteiger partial charge in [0.25, 0.3) is 5.91 Å². The molecular weight excluding hydrogens is 464 g/mol. The molecule has 3 fully saturated rings. The maximum Gasteiger partial charge on any atom is 0.272 e. The predicted octanol–water partition coefficient (Wildman–Crippen LogP) is 5.14. The van der Waals surface area contributed by atoms with Crippen LogP contribution in [0.3, 0.4) is 0 Å². The molecule has 2 aromatic heterocycles. The molecule has 2 aliphatic heterocycles. The summed E-state index contributed by atoms with van der Waals surface area (Å²) in [5.74, 6) is 1.24. The second-order valence-electron chi connectivity index (χ2n) is 10.9. The zero-order valence-electron chi connectivity index (χ0n) is 21.7. The van der Waals surface area contributed by atoms with Crippen molar-refractivity contribution in [2.24, 2.45) is 5.92 Å². The fraction of sp³-hybridized carbons (Fsp3) is 0.517. The van der Waals surface area contributed by atoms with Gasteiger partial charge in [0.1, 0.15) is 11.5 Å². The summed E-state index contributed by atoms with van der Waals surface area (Å²) in [7, 11) is 0. The molecule has 0 bridgehead atoms. The van der Waals surface area contributed by atoms with Crippen molar-refractivity contribution >= 4 is 29.0 Å². The van der Waals surface area contributed by atoms with Crippen LogP contribution in [0.25, 0.3) is 16.9 Å². The minimum Gasteiger partial charge on any atom is -0.356 e. The lowest BCUT2D eigenvalue weighted by Crippen LogP contribution is -2.39. The third kappa shape index (κ3) is 5.06. The van der Waals surface area contributed by atoms with Crippen molar-refractivity contribution in [3.63, 3.8) is 0 Å². The minimum atomic E-state index is 0.0219. The number of aromatic nitrogens is 3. The third-order valence-corrected chi connectivity index (χ3v) is 8.02. The summed E-state index contributed by atoms with van der Waals surface area (Å²) >= 11 is 0. The molecule has 194 valence electrons. The Hall–Kier alpha value is -3.42. The lowest BCUT2D eigenvalue weighted by atomic mass is 10.1. The van der Waals surface area contributed by atoms with Gasteiger partial charge >= 0.3 is 0 Å². The summed E-state index contributed by atoms with van der Waals surface area (Å²) in [6.45, 7) is 4.86. The van der Waals surface area contributed by atoms with E-state index in [-0.39, 0.29) is 23.8 Å². The topological polar surface area (TPSA) is 82.8 Å². The van der Waals surface area contributed by atoms with Crippen molar-refractivity contribution in [1.29, 1.82) is 0 Å². The first-order valence-corrected chi connectivity index (χ1v) is 13.9. The smallest absolute Gasteiger partial charge is 0.272 e. The molecule has 1 aromatic carbocycles. The van der Waals surface area contributed by atoms with Gasteiger partial charge in [-0.15, -0.1) is 0 Å². The normalized spacial score (nSPS) is 20.6. The zero-order valence-corrected chi connectivity index (χ0v) is 21.7. The Labute approximate surface area is 218 Å². The number of likely N-dealkylation sites (tertiary alicyclic amines) is 1. The standard InChI is InChI=1S/C29H36N6O2/c1-20-8-4-2-7-17-34(20)29(37)25-19-27(33-15-5-3-6-16-33)35-26(31-25)18-24(32-35)21-11-13-23(14-12-21)30-28(36)22-9-10-22/h11-14,18-20,22H,2-10,15-17H2,1H3,(H,30,36). The highest BCUT2D eigenvalue weighted by molar-refractivity contribution is 5.95. The SMILES string of the molecule is CC1CCCCCN1C(=O)c1cc(N2CCCCC2)n2nc(-c3ccc(NC(=O)C4CC4)cc3)cc2n1. The van der Waals surface area contributed by atoms with E-state index in [1.54, 1.807) is 0 Å². The summed E-state index contributed by atoms with van der Waals surface area (Å²) < 4.78 is 1.89. The maximum atomic E-state index is 13.7. The van der Waals surface area contributed by atoms with E-state index in [1.807, 2.05) is 45.8 Å². The first-order valence-electron chi connectivity index (χ1n) is 13.9. The van der Waals surface area contributed by atoms with Crippen LogP contribution in [0.1, 0.15) is 75.2 Å². The fourth-order valence-corrected chi connectivity index (χ4v) is 5.60. The summed E-state index contributed by atoms with van der Waals surface area (Å²) in [6, 6.07) is 12.0. The molecule has 1 aliphatic carbocycles. The number of nitrogens with zero attached hydrogens (tertiary/aromatic N) is 5. The molecule has 6 rings (SSSR count).